The molecule has 2 aromatic heterocycles. The van der Waals surface area contributed by atoms with E-state index in [2.05, 4.69) is 25.6 Å². The van der Waals surface area contributed by atoms with Crippen molar-refractivity contribution in [2.75, 3.05) is 5.32 Å². The summed E-state index contributed by atoms with van der Waals surface area (Å²) in [7, 11) is 0. The maximum atomic E-state index is 12.3. The van der Waals surface area contributed by atoms with Gasteiger partial charge in [-0.1, -0.05) is 17.7 Å². The Kier molecular flexibility index (Phi) is 5.20. The second-order valence-electron chi connectivity index (χ2n) is 5.41. The summed E-state index contributed by atoms with van der Waals surface area (Å²) in [6.45, 7) is 2.36. The second-order valence-corrected chi connectivity index (χ2v) is 5.85. The number of hydrogen-bond acceptors (Lipinski definition) is 5. The van der Waals surface area contributed by atoms with Gasteiger partial charge in [-0.25, -0.2) is 9.97 Å². The van der Waals surface area contributed by atoms with Crippen molar-refractivity contribution in [1.82, 2.24) is 20.3 Å². The van der Waals surface area contributed by atoms with Crippen molar-refractivity contribution in [2.24, 2.45) is 0 Å². The Hall–Kier alpha value is -2.99. The highest BCUT2D eigenvalue weighted by molar-refractivity contribution is 6.30. The average molecular weight is 354 g/mol. The van der Waals surface area contributed by atoms with Gasteiger partial charge < -0.3 is 10.6 Å². The molecule has 0 saturated carbocycles. The maximum Gasteiger partial charge on any atom is 0.270 e. The highest BCUT2D eigenvalue weighted by Gasteiger charge is 2.09. The van der Waals surface area contributed by atoms with Crippen LogP contribution in [0.3, 0.4) is 0 Å². The van der Waals surface area contributed by atoms with Crippen LogP contribution in [0.25, 0.3) is 0 Å². The monoisotopic (exact) mass is 353 g/mol. The highest BCUT2D eigenvalue weighted by atomic mass is 35.5. The minimum atomic E-state index is -0.273. The normalized spacial score (nSPS) is 10.3. The van der Waals surface area contributed by atoms with E-state index in [-0.39, 0.29) is 11.6 Å². The number of pyridine rings is 1. The van der Waals surface area contributed by atoms with E-state index < -0.39 is 0 Å². The molecular formula is C18H16ClN5O. The number of halogens is 1. The van der Waals surface area contributed by atoms with E-state index in [9.17, 15) is 4.79 Å². The second kappa shape index (κ2) is 7.72. The average Bonchev–Trinajstić information content (AvgIpc) is 2.64. The van der Waals surface area contributed by atoms with Crippen LogP contribution >= 0.6 is 11.6 Å². The van der Waals surface area contributed by atoms with Crippen LogP contribution in [-0.2, 0) is 6.54 Å². The molecule has 0 radical (unpaired) electrons. The number of nitrogens with one attached hydrogen (secondary N) is 2. The molecule has 0 spiro atoms. The van der Waals surface area contributed by atoms with Crippen molar-refractivity contribution in [3.8, 4) is 0 Å². The molecule has 1 aromatic carbocycles. The molecule has 2 heterocycles. The first-order valence-corrected chi connectivity index (χ1v) is 8.02. The van der Waals surface area contributed by atoms with Gasteiger partial charge in [-0.3, -0.25) is 9.78 Å². The first-order valence-electron chi connectivity index (χ1n) is 7.64. The quantitative estimate of drug-likeness (QED) is 0.733. The van der Waals surface area contributed by atoms with E-state index >= 15 is 0 Å². The summed E-state index contributed by atoms with van der Waals surface area (Å²) in [6, 6.07) is 10.8. The summed E-state index contributed by atoms with van der Waals surface area (Å²) in [6.07, 6.45) is 4.71. The van der Waals surface area contributed by atoms with Gasteiger partial charge in [0.2, 0.25) is 0 Å². The SMILES string of the molecule is Cc1ccc(Cl)cc1Nc1cc(C(=O)NCc2ccncc2)ncn1. The Balaban J connectivity index is 1.70. The summed E-state index contributed by atoms with van der Waals surface area (Å²) in [5.74, 6) is 0.250. The van der Waals surface area contributed by atoms with E-state index in [0.29, 0.717) is 17.4 Å². The molecule has 7 heteroatoms. The first kappa shape index (κ1) is 16.9. The third kappa shape index (κ3) is 4.51. The summed E-state index contributed by atoms with van der Waals surface area (Å²) in [5.41, 5.74) is 3.09. The molecular weight excluding hydrogens is 338 g/mol. The van der Waals surface area contributed by atoms with Crippen LogP contribution < -0.4 is 10.6 Å². The van der Waals surface area contributed by atoms with Crippen molar-refractivity contribution in [3.05, 3.63) is 77.0 Å². The lowest BCUT2D eigenvalue weighted by atomic mass is 10.2. The van der Waals surface area contributed by atoms with E-state index in [4.69, 9.17) is 11.6 Å². The fraction of sp³-hybridized carbons (Fsp3) is 0.111. The lowest BCUT2D eigenvalue weighted by Crippen LogP contribution is -2.24. The van der Waals surface area contributed by atoms with Crippen LogP contribution in [0.2, 0.25) is 5.02 Å². The van der Waals surface area contributed by atoms with E-state index in [1.54, 1.807) is 18.5 Å². The molecule has 0 aliphatic carbocycles. The van der Waals surface area contributed by atoms with Crippen molar-refractivity contribution >= 4 is 29.0 Å². The predicted octanol–water partition coefficient (Wildman–Crippen LogP) is 3.51. The van der Waals surface area contributed by atoms with Crippen molar-refractivity contribution in [2.45, 2.75) is 13.5 Å². The molecule has 0 atom stereocenters. The predicted molar refractivity (Wildman–Crippen MR) is 96.9 cm³/mol. The lowest BCUT2D eigenvalue weighted by Gasteiger charge is -2.10. The number of anilines is 2. The Morgan fingerprint density at radius 3 is 2.72 bits per heavy atom. The molecule has 0 aliphatic heterocycles. The van der Waals surface area contributed by atoms with E-state index in [1.807, 2.05) is 37.3 Å². The first-order chi connectivity index (χ1) is 12.1. The van der Waals surface area contributed by atoms with Crippen LogP contribution in [0.1, 0.15) is 21.6 Å². The Bertz CT molecular complexity index is 886. The molecule has 1 amide bonds. The summed E-state index contributed by atoms with van der Waals surface area (Å²) in [4.78, 5) is 24.4. The molecule has 2 N–H and O–H groups in total. The summed E-state index contributed by atoms with van der Waals surface area (Å²) in [5, 5.41) is 6.60. The Labute approximate surface area is 150 Å². The standard InChI is InChI=1S/C18H16ClN5O/c1-12-2-3-14(19)8-15(12)24-17-9-16(22-11-23-17)18(25)21-10-13-4-6-20-7-5-13/h2-9,11H,10H2,1H3,(H,21,25)(H,22,23,24). The van der Waals surface area contributed by atoms with Gasteiger partial charge in [0.25, 0.3) is 5.91 Å². The van der Waals surface area contributed by atoms with Gasteiger partial charge in [-0.15, -0.1) is 0 Å². The number of carbonyl (C=O) groups is 1. The topological polar surface area (TPSA) is 79.8 Å². The number of rotatable bonds is 5. The third-order valence-electron chi connectivity index (χ3n) is 3.56. The minimum Gasteiger partial charge on any atom is -0.347 e. The zero-order valence-corrected chi connectivity index (χ0v) is 14.3. The molecule has 0 unspecified atom stereocenters. The van der Waals surface area contributed by atoms with Crippen molar-refractivity contribution < 1.29 is 4.79 Å². The number of benzene rings is 1. The fourth-order valence-corrected chi connectivity index (χ4v) is 2.36. The number of aromatic nitrogens is 3. The third-order valence-corrected chi connectivity index (χ3v) is 3.80. The molecule has 6 nitrogen and oxygen atoms in total. The van der Waals surface area contributed by atoms with Crippen LogP contribution in [-0.4, -0.2) is 20.9 Å². The summed E-state index contributed by atoms with van der Waals surface area (Å²) >= 11 is 6.02. The maximum absolute atomic E-state index is 12.3. The molecule has 126 valence electrons. The number of carbonyl (C=O) groups excluding carboxylic acids is 1. The minimum absolute atomic E-state index is 0.273. The number of amides is 1. The van der Waals surface area contributed by atoms with Gasteiger partial charge in [0.1, 0.15) is 17.8 Å². The molecule has 0 saturated heterocycles. The highest BCUT2D eigenvalue weighted by Crippen LogP contribution is 2.23. The van der Waals surface area contributed by atoms with E-state index in [1.165, 1.54) is 6.33 Å². The van der Waals surface area contributed by atoms with Gasteiger partial charge in [0.15, 0.2) is 0 Å². The van der Waals surface area contributed by atoms with Gasteiger partial charge in [-0.05, 0) is 42.3 Å². The zero-order valence-electron chi connectivity index (χ0n) is 13.5. The van der Waals surface area contributed by atoms with Gasteiger partial charge in [0.05, 0.1) is 0 Å². The molecule has 0 fully saturated rings. The van der Waals surface area contributed by atoms with Crippen LogP contribution in [0.5, 0.6) is 0 Å². The largest absolute Gasteiger partial charge is 0.347 e. The van der Waals surface area contributed by atoms with Gasteiger partial charge in [-0.2, -0.15) is 0 Å². The van der Waals surface area contributed by atoms with Gasteiger partial charge in [0, 0.05) is 35.7 Å². The molecule has 3 aromatic rings. The smallest absolute Gasteiger partial charge is 0.270 e. The fourth-order valence-electron chi connectivity index (χ4n) is 2.19. The van der Waals surface area contributed by atoms with Crippen LogP contribution in [0, 0.1) is 6.92 Å². The van der Waals surface area contributed by atoms with Gasteiger partial charge >= 0.3 is 0 Å². The lowest BCUT2D eigenvalue weighted by molar-refractivity contribution is 0.0946. The Morgan fingerprint density at radius 1 is 1.12 bits per heavy atom. The number of nitrogens with zero attached hydrogens (tertiary/aromatic N) is 3. The number of aryl methyl sites for hydroxylation is 1. The van der Waals surface area contributed by atoms with Crippen LogP contribution in [0.15, 0.2) is 55.1 Å². The Morgan fingerprint density at radius 2 is 1.92 bits per heavy atom. The van der Waals surface area contributed by atoms with Crippen molar-refractivity contribution in [1.29, 1.82) is 0 Å². The molecule has 3 rings (SSSR count). The van der Waals surface area contributed by atoms with Crippen LogP contribution in [0.4, 0.5) is 11.5 Å². The van der Waals surface area contributed by atoms with Crippen molar-refractivity contribution in [3.63, 3.8) is 0 Å². The zero-order chi connectivity index (χ0) is 17.6. The van der Waals surface area contributed by atoms with E-state index in [0.717, 1.165) is 16.8 Å². The molecule has 0 bridgehead atoms. The molecule has 25 heavy (non-hydrogen) atoms. The summed E-state index contributed by atoms with van der Waals surface area (Å²) < 4.78 is 0. The number of hydrogen-bond donors (Lipinski definition) is 2. The molecule has 0 aliphatic rings.